The number of nitrogens with zero attached hydrogens (tertiary/aromatic N) is 6. The van der Waals surface area contributed by atoms with Crippen molar-refractivity contribution in [2.45, 2.75) is 33.7 Å². The second-order valence-corrected chi connectivity index (χ2v) is 7.01. The number of aromatic nitrogens is 3. The molecule has 1 N–H and O–H groups in total. The molecule has 0 unspecified atom stereocenters. The average Bonchev–Trinajstić information content (AvgIpc) is 3.25. The minimum atomic E-state index is 0. The van der Waals surface area contributed by atoms with Crippen LogP contribution in [-0.4, -0.2) is 70.0 Å². The molecule has 0 atom stereocenters. The summed E-state index contributed by atoms with van der Waals surface area (Å²) >= 11 is 0. The second-order valence-electron chi connectivity index (χ2n) is 7.01. The average molecular weight is 501 g/mol. The van der Waals surface area contributed by atoms with E-state index in [0.29, 0.717) is 0 Å². The van der Waals surface area contributed by atoms with Crippen molar-refractivity contribution in [2.75, 3.05) is 39.3 Å². The zero-order valence-electron chi connectivity index (χ0n) is 17.3. The molecule has 28 heavy (non-hydrogen) atoms. The van der Waals surface area contributed by atoms with Gasteiger partial charge < -0.3 is 14.7 Å². The second kappa shape index (κ2) is 10.8. The molecule has 1 aliphatic heterocycles. The zero-order chi connectivity index (χ0) is 19.2. The highest BCUT2D eigenvalue weighted by Gasteiger charge is 2.20. The van der Waals surface area contributed by atoms with Gasteiger partial charge >= 0.3 is 0 Å². The van der Waals surface area contributed by atoms with E-state index < -0.39 is 0 Å². The number of guanidine groups is 1. The lowest BCUT2D eigenvalue weighted by Gasteiger charge is -2.36. The lowest BCUT2D eigenvalue weighted by Crippen LogP contribution is -2.52. The van der Waals surface area contributed by atoms with E-state index in [1.807, 2.05) is 17.8 Å². The Balaban J connectivity index is 0.00000280. The van der Waals surface area contributed by atoms with Gasteiger partial charge in [0.25, 0.3) is 0 Å². The summed E-state index contributed by atoms with van der Waals surface area (Å²) in [4.78, 5) is 9.63. The first-order chi connectivity index (χ1) is 13.1. The van der Waals surface area contributed by atoms with E-state index in [0.717, 1.165) is 69.6 Å². The molecule has 0 spiro atoms. The van der Waals surface area contributed by atoms with Crippen LogP contribution < -0.4 is 5.32 Å². The first-order valence-corrected chi connectivity index (χ1v) is 9.72. The van der Waals surface area contributed by atoms with Gasteiger partial charge in [0.1, 0.15) is 6.26 Å². The summed E-state index contributed by atoms with van der Waals surface area (Å²) in [6, 6.07) is 1.93. The molecule has 2 aromatic heterocycles. The summed E-state index contributed by atoms with van der Waals surface area (Å²) in [6.45, 7) is 12.7. The normalized spacial score (nSPS) is 15.6. The van der Waals surface area contributed by atoms with Crippen LogP contribution in [-0.2, 0) is 20.0 Å². The third-order valence-electron chi connectivity index (χ3n) is 5.17. The van der Waals surface area contributed by atoms with Gasteiger partial charge in [0, 0.05) is 64.6 Å². The topological polar surface area (TPSA) is 74.7 Å². The van der Waals surface area contributed by atoms with E-state index >= 15 is 0 Å². The zero-order valence-corrected chi connectivity index (χ0v) is 19.6. The number of piperazine rings is 1. The van der Waals surface area contributed by atoms with Crippen LogP contribution in [0.25, 0.3) is 0 Å². The third-order valence-corrected chi connectivity index (χ3v) is 5.17. The molecule has 0 bridgehead atoms. The minimum absolute atomic E-state index is 0. The predicted octanol–water partition coefficient (Wildman–Crippen LogP) is 1.97. The smallest absolute Gasteiger partial charge is 0.194 e. The van der Waals surface area contributed by atoms with E-state index in [4.69, 9.17) is 9.52 Å². The Kier molecular flexibility index (Phi) is 8.74. The molecule has 8 nitrogen and oxygen atoms in total. The van der Waals surface area contributed by atoms with E-state index in [1.165, 1.54) is 11.3 Å². The maximum absolute atomic E-state index is 4.92. The monoisotopic (exact) mass is 501 g/mol. The maximum atomic E-state index is 4.92. The van der Waals surface area contributed by atoms with E-state index in [2.05, 4.69) is 46.1 Å². The number of nitrogens with one attached hydrogen (secondary N) is 1. The predicted molar refractivity (Wildman–Crippen MR) is 121 cm³/mol. The van der Waals surface area contributed by atoms with Gasteiger partial charge in [-0.15, -0.1) is 24.0 Å². The Morgan fingerprint density at radius 2 is 2.00 bits per heavy atom. The Bertz CT molecular complexity index is 749. The van der Waals surface area contributed by atoms with Gasteiger partial charge in [-0.25, -0.2) is 0 Å². The largest absolute Gasteiger partial charge is 0.364 e. The highest BCUT2D eigenvalue weighted by atomic mass is 127. The Hall–Kier alpha value is -1.62. The van der Waals surface area contributed by atoms with Crippen LogP contribution in [0.1, 0.15) is 29.6 Å². The number of rotatable bonds is 6. The lowest BCUT2D eigenvalue weighted by atomic mass is 10.1. The molecule has 3 heterocycles. The molecule has 0 aromatic carbocycles. The quantitative estimate of drug-likeness (QED) is 0.371. The van der Waals surface area contributed by atoms with Crippen molar-refractivity contribution in [1.29, 1.82) is 0 Å². The molecule has 9 heteroatoms. The van der Waals surface area contributed by atoms with Gasteiger partial charge in [0.15, 0.2) is 5.96 Å². The van der Waals surface area contributed by atoms with Gasteiger partial charge in [0.05, 0.1) is 11.4 Å². The van der Waals surface area contributed by atoms with E-state index in [1.54, 1.807) is 6.26 Å². The summed E-state index contributed by atoms with van der Waals surface area (Å²) < 4.78 is 6.88. The minimum Gasteiger partial charge on any atom is -0.364 e. The maximum Gasteiger partial charge on any atom is 0.194 e. The van der Waals surface area contributed by atoms with Gasteiger partial charge in [-0.2, -0.15) is 5.10 Å². The van der Waals surface area contributed by atoms with Crippen molar-refractivity contribution in [1.82, 2.24) is 30.1 Å². The fourth-order valence-corrected chi connectivity index (χ4v) is 3.54. The van der Waals surface area contributed by atoms with Gasteiger partial charge in [-0.05, 0) is 32.8 Å². The van der Waals surface area contributed by atoms with Crippen molar-refractivity contribution in [3.63, 3.8) is 0 Å². The molecule has 1 fully saturated rings. The van der Waals surface area contributed by atoms with Crippen molar-refractivity contribution in [3.05, 3.63) is 35.0 Å². The molecular formula is C19H32IN7O. The molecule has 2 aromatic rings. The van der Waals surface area contributed by atoms with E-state index in [-0.39, 0.29) is 24.0 Å². The number of hydrogen-bond donors (Lipinski definition) is 1. The fourth-order valence-electron chi connectivity index (χ4n) is 3.54. The Morgan fingerprint density at radius 1 is 1.25 bits per heavy atom. The van der Waals surface area contributed by atoms with Gasteiger partial charge in [-0.1, -0.05) is 5.16 Å². The fraction of sp³-hybridized carbons (Fsp3) is 0.632. The first kappa shape index (κ1) is 22.7. The van der Waals surface area contributed by atoms with Gasteiger partial charge in [0.2, 0.25) is 0 Å². The van der Waals surface area contributed by atoms with Crippen molar-refractivity contribution < 1.29 is 4.52 Å². The number of aryl methyl sites for hydroxylation is 2. The molecule has 1 saturated heterocycles. The van der Waals surface area contributed by atoms with E-state index in [9.17, 15) is 0 Å². The van der Waals surface area contributed by atoms with Gasteiger partial charge in [-0.3, -0.25) is 14.6 Å². The number of halogens is 1. The standard InChI is InChI=1S/C19H31N7O.HI/c1-5-20-19(21-8-6-18-15(2)22-24(4)16(18)3)26-11-9-25(10-12-26)14-17-7-13-27-23-17;/h7,13H,5-6,8-12,14H2,1-4H3,(H,20,21);1H. The van der Waals surface area contributed by atoms with Crippen LogP contribution in [0, 0.1) is 13.8 Å². The van der Waals surface area contributed by atoms with Crippen LogP contribution in [0.5, 0.6) is 0 Å². The summed E-state index contributed by atoms with van der Waals surface area (Å²) in [7, 11) is 2.00. The first-order valence-electron chi connectivity index (χ1n) is 9.72. The van der Waals surface area contributed by atoms with Crippen molar-refractivity contribution in [2.24, 2.45) is 12.0 Å². The number of aliphatic imine (C=N–C) groups is 1. The molecule has 156 valence electrons. The molecule has 0 radical (unpaired) electrons. The molecule has 0 amide bonds. The molecule has 1 aliphatic rings. The highest BCUT2D eigenvalue weighted by Crippen LogP contribution is 2.13. The summed E-state index contributed by atoms with van der Waals surface area (Å²) in [6.07, 6.45) is 2.56. The van der Waals surface area contributed by atoms with Crippen molar-refractivity contribution in [3.8, 4) is 0 Å². The molecule has 0 saturated carbocycles. The van der Waals surface area contributed by atoms with Crippen LogP contribution in [0.15, 0.2) is 21.8 Å². The molecule has 0 aliphatic carbocycles. The summed E-state index contributed by atoms with van der Waals surface area (Å²) in [5, 5.41) is 11.9. The van der Waals surface area contributed by atoms with Crippen molar-refractivity contribution >= 4 is 29.9 Å². The molecule has 3 rings (SSSR count). The molecular weight excluding hydrogens is 469 g/mol. The van der Waals surface area contributed by atoms with Crippen LogP contribution in [0.4, 0.5) is 0 Å². The van der Waals surface area contributed by atoms with Crippen LogP contribution >= 0.6 is 24.0 Å². The summed E-state index contributed by atoms with van der Waals surface area (Å²) in [5.74, 6) is 1.01. The number of hydrogen-bond acceptors (Lipinski definition) is 5. The lowest BCUT2D eigenvalue weighted by molar-refractivity contribution is 0.169. The summed E-state index contributed by atoms with van der Waals surface area (Å²) in [5.41, 5.74) is 4.65. The van der Waals surface area contributed by atoms with Crippen LogP contribution in [0.2, 0.25) is 0 Å². The SMILES string of the molecule is CCNC(=NCCc1c(C)nn(C)c1C)N1CCN(Cc2ccon2)CC1.I. The highest BCUT2D eigenvalue weighted by molar-refractivity contribution is 14.0. The Morgan fingerprint density at radius 3 is 2.57 bits per heavy atom. The Labute approximate surface area is 184 Å². The third kappa shape index (κ3) is 5.69. The van der Waals surface area contributed by atoms with Crippen LogP contribution in [0.3, 0.4) is 0 Å².